The average molecular weight is 432 g/mol. The molecule has 0 aliphatic heterocycles. The highest BCUT2D eigenvalue weighted by atomic mass is 32.2. The summed E-state index contributed by atoms with van der Waals surface area (Å²) < 4.78 is 25.4. The van der Waals surface area contributed by atoms with Crippen LogP contribution < -0.4 is 15.4 Å². The predicted molar refractivity (Wildman–Crippen MR) is 126 cm³/mol. The van der Waals surface area contributed by atoms with Crippen molar-refractivity contribution in [1.29, 1.82) is 0 Å². The third kappa shape index (κ3) is 7.51. The summed E-state index contributed by atoms with van der Waals surface area (Å²) >= 11 is 5.36. The first-order valence-corrected chi connectivity index (χ1v) is 11.6. The van der Waals surface area contributed by atoms with Crippen molar-refractivity contribution in [3.05, 3.63) is 71.3 Å². The van der Waals surface area contributed by atoms with E-state index in [0.717, 1.165) is 17.4 Å². The minimum Gasteiger partial charge on any atom is -0.359 e. The van der Waals surface area contributed by atoms with E-state index in [4.69, 9.17) is 12.2 Å². The van der Waals surface area contributed by atoms with E-state index in [2.05, 4.69) is 67.0 Å². The van der Waals surface area contributed by atoms with Crippen molar-refractivity contribution < 1.29 is 8.42 Å². The molecule has 0 amide bonds. The highest BCUT2D eigenvalue weighted by Gasteiger charge is 2.12. The van der Waals surface area contributed by atoms with Crippen molar-refractivity contribution in [2.75, 3.05) is 11.0 Å². The average Bonchev–Trinajstić information content (AvgIpc) is 2.64. The Morgan fingerprint density at radius 3 is 2.10 bits per heavy atom. The lowest BCUT2D eigenvalue weighted by Crippen LogP contribution is -2.34. The second-order valence-corrected chi connectivity index (χ2v) is 10.1. The standard InChI is InChI=1S/C22H29N3O2S2/c1-6-18-13-17(9-12-20(18)25-29(5,26)27)15-24-21(28)23-14-16-7-10-19(11-8-16)22(2,3)4/h6-13,25H,1,14-15H2,2-5H3,(H2,23,24,28). The maximum atomic E-state index is 11.4. The third-order valence-corrected chi connectivity index (χ3v) is 5.24. The van der Waals surface area contributed by atoms with Gasteiger partial charge < -0.3 is 10.6 Å². The molecular formula is C22H29N3O2S2. The minimum absolute atomic E-state index is 0.138. The monoisotopic (exact) mass is 431 g/mol. The van der Waals surface area contributed by atoms with Crippen LogP contribution >= 0.6 is 12.2 Å². The second-order valence-electron chi connectivity index (χ2n) is 7.98. The molecule has 0 saturated heterocycles. The Kier molecular flexibility index (Phi) is 7.43. The lowest BCUT2D eigenvalue weighted by Gasteiger charge is -2.19. The van der Waals surface area contributed by atoms with Crippen LogP contribution in [0.4, 0.5) is 5.69 Å². The van der Waals surface area contributed by atoms with Crippen molar-refractivity contribution >= 4 is 39.1 Å². The molecule has 0 heterocycles. The molecule has 0 atom stereocenters. The summed E-state index contributed by atoms with van der Waals surface area (Å²) in [5.41, 5.74) is 4.79. The molecule has 2 aromatic carbocycles. The quantitative estimate of drug-likeness (QED) is 0.574. The van der Waals surface area contributed by atoms with E-state index in [-0.39, 0.29) is 5.41 Å². The van der Waals surface area contributed by atoms with Crippen LogP contribution in [-0.2, 0) is 28.5 Å². The molecule has 5 nitrogen and oxygen atoms in total. The zero-order valence-electron chi connectivity index (χ0n) is 17.4. The third-order valence-electron chi connectivity index (χ3n) is 4.36. The number of nitrogens with one attached hydrogen (secondary N) is 3. The van der Waals surface area contributed by atoms with Gasteiger partial charge in [0.2, 0.25) is 10.0 Å². The predicted octanol–water partition coefficient (Wildman–Crippen LogP) is 4.16. The molecule has 0 unspecified atom stereocenters. The molecule has 0 aliphatic carbocycles. The summed E-state index contributed by atoms with van der Waals surface area (Å²) in [5.74, 6) is 0. The fraction of sp³-hybridized carbons (Fsp3) is 0.318. The van der Waals surface area contributed by atoms with E-state index < -0.39 is 10.0 Å². The van der Waals surface area contributed by atoms with Gasteiger partial charge in [0, 0.05) is 13.1 Å². The summed E-state index contributed by atoms with van der Waals surface area (Å²) in [6, 6.07) is 14.0. The van der Waals surface area contributed by atoms with Crippen LogP contribution in [0.2, 0.25) is 0 Å². The van der Waals surface area contributed by atoms with Crippen molar-refractivity contribution in [3.8, 4) is 0 Å². The smallest absolute Gasteiger partial charge is 0.229 e. The van der Waals surface area contributed by atoms with Crippen LogP contribution in [0.15, 0.2) is 49.0 Å². The van der Waals surface area contributed by atoms with Gasteiger partial charge in [0.1, 0.15) is 0 Å². The van der Waals surface area contributed by atoms with E-state index in [1.807, 2.05) is 12.1 Å². The molecule has 7 heteroatoms. The Labute approximate surface area is 179 Å². The van der Waals surface area contributed by atoms with Crippen molar-refractivity contribution in [2.24, 2.45) is 0 Å². The van der Waals surface area contributed by atoms with Crippen LogP contribution in [-0.4, -0.2) is 19.8 Å². The van der Waals surface area contributed by atoms with Crippen LogP contribution in [0.5, 0.6) is 0 Å². The van der Waals surface area contributed by atoms with E-state index in [1.165, 1.54) is 5.56 Å². The Morgan fingerprint density at radius 2 is 1.59 bits per heavy atom. The van der Waals surface area contributed by atoms with Crippen molar-refractivity contribution in [3.63, 3.8) is 0 Å². The molecule has 0 aromatic heterocycles. The Morgan fingerprint density at radius 1 is 1.03 bits per heavy atom. The van der Waals surface area contributed by atoms with Gasteiger partial charge in [0.25, 0.3) is 0 Å². The number of rotatable bonds is 7. The minimum atomic E-state index is -3.34. The van der Waals surface area contributed by atoms with Gasteiger partial charge in [-0.25, -0.2) is 8.42 Å². The highest BCUT2D eigenvalue weighted by Crippen LogP contribution is 2.22. The second kappa shape index (κ2) is 9.41. The molecular weight excluding hydrogens is 402 g/mol. The summed E-state index contributed by atoms with van der Waals surface area (Å²) in [7, 11) is -3.34. The first-order valence-electron chi connectivity index (χ1n) is 9.32. The highest BCUT2D eigenvalue weighted by molar-refractivity contribution is 7.92. The van der Waals surface area contributed by atoms with Gasteiger partial charge in [-0.2, -0.15) is 0 Å². The molecule has 0 aliphatic rings. The summed E-state index contributed by atoms with van der Waals surface area (Å²) in [5, 5.41) is 6.94. The summed E-state index contributed by atoms with van der Waals surface area (Å²) in [6.45, 7) is 11.5. The van der Waals surface area contributed by atoms with Crippen LogP contribution in [0.1, 0.15) is 43.0 Å². The van der Waals surface area contributed by atoms with Gasteiger partial charge in [-0.3, -0.25) is 4.72 Å². The van der Waals surface area contributed by atoms with Gasteiger partial charge in [-0.05, 0) is 52.0 Å². The zero-order chi connectivity index (χ0) is 21.7. The van der Waals surface area contributed by atoms with Crippen LogP contribution in [0.25, 0.3) is 6.08 Å². The number of hydrogen-bond acceptors (Lipinski definition) is 3. The number of thiocarbonyl (C=S) groups is 1. The first-order chi connectivity index (χ1) is 13.5. The molecule has 3 N–H and O–H groups in total. The zero-order valence-corrected chi connectivity index (χ0v) is 19.0. The largest absolute Gasteiger partial charge is 0.359 e. The molecule has 0 fully saturated rings. The normalized spacial score (nSPS) is 11.6. The van der Waals surface area contributed by atoms with Crippen molar-refractivity contribution in [1.82, 2.24) is 10.6 Å². The number of anilines is 1. The number of benzene rings is 2. The molecule has 0 saturated carbocycles. The number of sulfonamides is 1. The molecule has 156 valence electrons. The van der Waals surface area contributed by atoms with Gasteiger partial charge >= 0.3 is 0 Å². The number of hydrogen-bond donors (Lipinski definition) is 3. The van der Waals surface area contributed by atoms with Crippen LogP contribution in [0, 0.1) is 0 Å². The molecule has 0 bridgehead atoms. The van der Waals surface area contributed by atoms with E-state index in [9.17, 15) is 8.42 Å². The van der Waals surface area contributed by atoms with Gasteiger partial charge in [0.05, 0.1) is 11.9 Å². The lowest BCUT2D eigenvalue weighted by molar-refractivity contribution is 0.590. The first kappa shape index (κ1) is 22.9. The van der Waals surface area contributed by atoms with Gasteiger partial charge in [-0.15, -0.1) is 0 Å². The molecule has 0 radical (unpaired) electrons. The maximum absolute atomic E-state index is 11.4. The Bertz CT molecular complexity index is 976. The molecule has 0 spiro atoms. The van der Waals surface area contributed by atoms with E-state index in [0.29, 0.717) is 29.5 Å². The van der Waals surface area contributed by atoms with Gasteiger partial charge in [-0.1, -0.05) is 63.8 Å². The Hall–Kier alpha value is -2.38. The van der Waals surface area contributed by atoms with Crippen molar-refractivity contribution in [2.45, 2.75) is 39.3 Å². The molecule has 2 aromatic rings. The Balaban J connectivity index is 1.89. The summed E-state index contributed by atoms with van der Waals surface area (Å²) in [4.78, 5) is 0. The molecule has 29 heavy (non-hydrogen) atoms. The summed E-state index contributed by atoms with van der Waals surface area (Å²) in [6.07, 6.45) is 2.74. The topological polar surface area (TPSA) is 70.2 Å². The molecule has 2 rings (SSSR count). The maximum Gasteiger partial charge on any atom is 0.229 e. The lowest BCUT2D eigenvalue weighted by atomic mass is 9.87. The van der Waals surface area contributed by atoms with E-state index >= 15 is 0 Å². The fourth-order valence-electron chi connectivity index (χ4n) is 2.73. The SMILES string of the molecule is C=Cc1cc(CNC(=S)NCc2ccc(C(C)(C)C)cc2)ccc1NS(C)(=O)=O. The van der Waals surface area contributed by atoms with Crippen LogP contribution in [0.3, 0.4) is 0 Å². The van der Waals surface area contributed by atoms with Gasteiger partial charge in [0.15, 0.2) is 5.11 Å². The fourth-order valence-corrected chi connectivity index (χ4v) is 3.46. The van der Waals surface area contributed by atoms with E-state index in [1.54, 1.807) is 12.1 Å².